The molecule has 1 aromatic carbocycles. The standard InChI is InChI=1S/C8H8ClNO2S/c9-6-1-3-7(4-2-6)13(12)5-8(10)11/h1-4H,5H2,(H2,10,11). The van der Waals surface area contributed by atoms with Gasteiger partial charge >= 0.3 is 0 Å². The molecule has 1 unspecified atom stereocenters. The van der Waals surface area contributed by atoms with E-state index in [2.05, 4.69) is 0 Å². The van der Waals surface area contributed by atoms with Crippen LogP contribution >= 0.6 is 11.6 Å². The number of nitrogens with two attached hydrogens (primary N) is 1. The van der Waals surface area contributed by atoms with E-state index >= 15 is 0 Å². The lowest BCUT2D eigenvalue weighted by Gasteiger charge is -1.98. The highest BCUT2D eigenvalue weighted by Crippen LogP contribution is 2.12. The second-order valence-electron chi connectivity index (χ2n) is 2.41. The maximum atomic E-state index is 11.3. The maximum Gasteiger partial charge on any atom is 0.230 e. The molecule has 0 aliphatic carbocycles. The summed E-state index contributed by atoms with van der Waals surface area (Å²) >= 11 is 5.63. The normalized spacial score (nSPS) is 12.4. The Morgan fingerprint density at radius 3 is 2.38 bits per heavy atom. The molecule has 70 valence electrons. The van der Waals surface area contributed by atoms with Crippen molar-refractivity contribution in [1.29, 1.82) is 0 Å². The molecule has 1 atom stereocenters. The van der Waals surface area contributed by atoms with Gasteiger partial charge in [-0.15, -0.1) is 0 Å². The third kappa shape index (κ3) is 3.16. The van der Waals surface area contributed by atoms with Gasteiger partial charge < -0.3 is 5.73 Å². The number of rotatable bonds is 3. The predicted octanol–water partition coefficient (Wildman–Crippen LogP) is 0.933. The summed E-state index contributed by atoms with van der Waals surface area (Å²) in [5.41, 5.74) is 4.90. The Bertz CT molecular complexity index is 337. The summed E-state index contributed by atoms with van der Waals surface area (Å²) in [5.74, 6) is -0.727. The zero-order chi connectivity index (χ0) is 9.84. The topological polar surface area (TPSA) is 60.2 Å². The van der Waals surface area contributed by atoms with E-state index in [-0.39, 0.29) is 5.75 Å². The van der Waals surface area contributed by atoms with E-state index in [0.717, 1.165) is 0 Å². The van der Waals surface area contributed by atoms with Crippen molar-refractivity contribution in [2.24, 2.45) is 5.73 Å². The SMILES string of the molecule is NC(=O)CS(=O)c1ccc(Cl)cc1. The Morgan fingerprint density at radius 2 is 1.92 bits per heavy atom. The molecular weight excluding hydrogens is 210 g/mol. The van der Waals surface area contributed by atoms with Gasteiger partial charge in [-0.3, -0.25) is 9.00 Å². The molecule has 0 aliphatic heterocycles. The van der Waals surface area contributed by atoms with Gasteiger partial charge in [0.15, 0.2) is 0 Å². The summed E-state index contributed by atoms with van der Waals surface area (Å²) < 4.78 is 11.3. The van der Waals surface area contributed by atoms with E-state index in [1.807, 2.05) is 0 Å². The van der Waals surface area contributed by atoms with Crippen LogP contribution in [0.4, 0.5) is 0 Å². The van der Waals surface area contributed by atoms with Crippen molar-refractivity contribution in [3.05, 3.63) is 29.3 Å². The average Bonchev–Trinajstić information content (AvgIpc) is 2.04. The molecule has 1 rings (SSSR count). The lowest BCUT2D eigenvalue weighted by atomic mass is 10.4. The number of primary amides is 1. The van der Waals surface area contributed by atoms with Crippen molar-refractivity contribution in [1.82, 2.24) is 0 Å². The molecule has 0 saturated carbocycles. The number of halogens is 1. The van der Waals surface area contributed by atoms with Crippen LogP contribution in [0.5, 0.6) is 0 Å². The first-order valence-electron chi connectivity index (χ1n) is 3.52. The van der Waals surface area contributed by atoms with Gasteiger partial charge in [0, 0.05) is 9.92 Å². The molecule has 0 bridgehead atoms. The smallest absolute Gasteiger partial charge is 0.230 e. The minimum Gasteiger partial charge on any atom is -0.369 e. The molecule has 0 heterocycles. The van der Waals surface area contributed by atoms with Crippen molar-refractivity contribution >= 4 is 28.3 Å². The van der Waals surface area contributed by atoms with Crippen LogP contribution in [0.2, 0.25) is 5.02 Å². The molecule has 13 heavy (non-hydrogen) atoms. The fourth-order valence-electron chi connectivity index (χ4n) is 0.799. The van der Waals surface area contributed by atoms with Gasteiger partial charge in [0.05, 0.1) is 10.8 Å². The van der Waals surface area contributed by atoms with Crippen LogP contribution in [0, 0.1) is 0 Å². The van der Waals surface area contributed by atoms with Crippen LogP contribution in [-0.2, 0) is 15.6 Å². The summed E-state index contributed by atoms with van der Waals surface area (Å²) in [6, 6.07) is 6.47. The highest BCUT2D eigenvalue weighted by molar-refractivity contribution is 7.85. The summed E-state index contributed by atoms with van der Waals surface area (Å²) in [4.78, 5) is 11.0. The highest BCUT2D eigenvalue weighted by Gasteiger charge is 2.06. The number of benzene rings is 1. The largest absolute Gasteiger partial charge is 0.369 e. The number of amides is 1. The van der Waals surface area contributed by atoms with Gasteiger partial charge in [0.1, 0.15) is 5.75 Å². The monoisotopic (exact) mass is 217 g/mol. The summed E-state index contributed by atoms with van der Waals surface area (Å²) in [6.07, 6.45) is 0. The van der Waals surface area contributed by atoms with Gasteiger partial charge in [-0.05, 0) is 24.3 Å². The van der Waals surface area contributed by atoms with Crippen molar-refractivity contribution in [2.75, 3.05) is 5.75 Å². The Balaban J connectivity index is 2.78. The molecule has 1 aromatic rings. The van der Waals surface area contributed by atoms with E-state index in [9.17, 15) is 9.00 Å². The number of hydrogen-bond donors (Lipinski definition) is 1. The van der Waals surface area contributed by atoms with Gasteiger partial charge in [0.2, 0.25) is 5.91 Å². The lowest BCUT2D eigenvalue weighted by Crippen LogP contribution is -2.19. The van der Waals surface area contributed by atoms with Gasteiger partial charge in [-0.1, -0.05) is 11.6 Å². The molecule has 0 spiro atoms. The average molecular weight is 218 g/mol. The molecule has 0 aromatic heterocycles. The molecule has 5 heteroatoms. The van der Waals surface area contributed by atoms with Gasteiger partial charge in [-0.25, -0.2) is 0 Å². The third-order valence-electron chi connectivity index (χ3n) is 1.35. The van der Waals surface area contributed by atoms with Crippen molar-refractivity contribution in [2.45, 2.75) is 4.90 Å². The Labute approximate surface area is 83.3 Å². The van der Waals surface area contributed by atoms with Crippen LogP contribution in [-0.4, -0.2) is 15.9 Å². The Kier molecular flexibility index (Phi) is 3.45. The van der Waals surface area contributed by atoms with Crippen LogP contribution in [0.3, 0.4) is 0 Å². The molecule has 0 radical (unpaired) electrons. The molecule has 0 saturated heterocycles. The highest BCUT2D eigenvalue weighted by atomic mass is 35.5. The molecule has 2 N–H and O–H groups in total. The Hall–Kier alpha value is -0.870. The first kappa shape index (κ1) is 10.2. The summed E-state index contributed by atoms with van der Waals surface area (Å²) in [5, 5.41) is 0.569. The second kappa shape index (κ2) is 4.39. The van der Waals surface area contributed by atoms with Crippen molar-refractivity contribution in [3.8, 4) is 0 Å². The van der Waals surface area contributed by atoms with E-state index in [4.69, 9.17) is 17.3 Å². The Morgan fingerprint density at radius 1 is 1.38 bits per heavy atom. The minimum atomic E-state index is -1.35. The number of carbonyl (C=O) groups excluding carboxylic acids is 1. The van der Waals surface area contributed by atoms with Crippen LogP contribution < -0.4 is 5.73 Å². The maximum absolute atomic E-state index is 11.3. The van der Waals surface area contributed by atoms with Crippen molar-refractivity contribution < 1.29 is 9.00 Å². The fraction of sp³-hybridized carbons (Fsp3) is 0.125. The van der Waals surface area contributed by atoms with Crippen molar-refractivity contribution in [3.63, 3.8) is 0 Å². The lowest BCUT2D eigenvalue weighted by molar-refractivity contribution is -0.115. The van der Waals surface area contributed by atoms with Crippen LogP contribution in [0.15, 0.2) is 29.2 Å². The molecule has 3 nitrogen and oxygen atoms in total. The summed E-state index contributed by atoms with van der Waals surface area (Å²) in [6.45, 7) is 0. The van der Waals surface area contributed by atoms with Crippen LogP contribution in [0.1, 0.15) is 0 Å². The molecule has 0 aliphatic rings. The predicted molar refractivity (Wildman–Crippen MR) is 51.9 cm³/mol. The molecule has 0 fully saturated rings. The zero-order valence-corrected chi connectivity index (χ0v) is 8.27. The quantitative estimate of drug-likeness (QED) is 0.819. The molecular formula is C8H8ClNO2S. The second-order valence-corrected chi connectivity index (χ2v) is 4.30. The van der Waals surface area contributed by atoms with E-state index in [1.54, 1.807) is 24.3 Å². The van der Waals surface area contributed by atoms with E-state index in [0.29, 0.717) is 9.92 Å². The van der Waals surface area contributed by atoms with E-state index in [1.165, 1.54) is 0 Å². The third-order valence-corrected chi connectivity index (χ3v) is 2.95. The van der Waals surface area contributed by atoms with Gasteiger partial charge in [-0.2, -0.15) is 0 Å². The van der Waals surface area contributed by atoms with E-state index < -0.39 is 16.7 Å². The first-order valence-corrected chi connectivity index (χ1v) is 5.21. The summed E-state index contributed by atoms with van der Waals surface area (Å²) in [7, 11) is -1.35. The molecule has 1 amide bonds. The first-order chi connectivity index (χ1) is 6.09. The van der Waals surface area contributed by atoms with Gasteiger partial charge in [0.25, 0.3) is 0 Å². The fourth-order valence-corrected chi connectivity index (χ4v) is 1.79. The van der Waals surface area contributed by atoms with Crippen LogP contribution in [0.25, 0.3) is 0 Å². The minimum absolute atomic E-state index is 0.151. The number of carbonyl (C=O) groups is 1. The zero-order valence-electron chi connectivity index (χ0n) is 6.70. The number of hydrogen-bond acceptors (Lipinski definition) is 2.